The molecule has 6 heteroatoms. The Bertz CT molecular complexity index is 1040. The van der Waals surface area contributed by atoms with Crippen LogP contribution in [0.25, 0.3) is 11.5 Å². The van der Waals surface area contributed by atoms with E-state index in [0.29, 0.717) is 29.3 Å². The van der Waals surface area contributed by atoms with E-state index in [-0.39, 0.29) is 18.3 Å². The van der Waals surface area contributed by atoms with E-state index >= 15 is 0 Å². The molecule has 4 rings (SSSR count). The SMILES string of the molecule is O=C(c1ccccc1)N(Cc1ccc(F)cc1)Cc1cc(-c2ccco2)on1. The highest BCUT2D eigenvalue weighted by Gasteiger charge is 2.19. The number of halogens is 1. The molecule has 0 unspecified atom stereocenters. The third kappa shape index (κ3) is 4.01. The van der Waals surface area contributed by atoms with Crippen molar-refractivity contribution in [3.63, 3.8) is 0 Å². The third-order valence-electron chi connectivity index (χ3n) is 4.27. The number of hydrogen-bond donors (Lipinski definition) is 0. The summed E-state index contributed by atoms with van der Waals surface area (Å²) < 4.78 is 23.9. The number of aromatic nitrogens is 1. The molecule has 0 aliphatic carbocycles. The molecule has 0 bridgehead atoms. The molecule has 140 valence electrons. The topological polar surface area (TPSA) is 59.5 Å². The fourth-order valence-corrected chi connectivity index (χ4v) is 2.89. The van der Waals surface area contributed by atoms with Gasteiger partial charge in [-0.05, 0) is 42.0 Å². The van der Waals surface area contributed by atoms with E-state index in [1.165, 1.54) is 12.1 Å². The molecule has 0 N–H and O–H groups in total. The molecule has 5 nitrogen and oxygen atoms in total. The first-order valence-corrected chi connectivity index (χ1v) is 8.77. The molecular weight excluding hydrogens is 359 g/mol. The quantitative estimate of drug-likeness (QED) is 0.479. The normalized spacial score (nSPS) is 10.8. The van der Waals surface area contributed by atoms with Crippen molar-refractivity contribution in [3.8, 4) is 11.5 Å². The van der Waals surface area contributed by atoms with Crippen LogP contribution in [0.15, 0.2) is 88.0 Å². The van der Waals surface area contributed by atoms with Crippen LogP contribution in [0.2, 0.25) is 0 Å². The minimum absolute atomic E-state index is 0.146. The highest BCUT2D eigenvalue weighted by Crippen LogP contribution is 2.22. The molecule has 2 heterocycles. The summed E-state index contributed by atoms with van der Waals surface area (Å²) >= 11 is 0. The van der Waals surface area contributed by atoms with Crippen molar-refractivity contribution in [2.24, 2.45) is 0 Å². The number of carbonyl (C=O) groups is 1. The summed E-state index contributed by atoms with van der Waals surface area (Å²) in [4.78, 5) is 14.7. The van der Waals surface area contributed by atoms with E-state index in [9.17, 15) is 9.18 Å². The van der Waals surface area contributed by atoms with Crippen molar-refractivity contribution in [1.82, 2.24) is 10.1 Å². The van der Waals surface area contributed by atoms with Crippen LogP contribution in [0, 0.1) is 5.82 Å². The van der Waals surface area contributed by atoms with Gasteiger partial charge < -0.3 is 13.8 Å². The maximum absolute atomic E-state index is 13.2. The molecular formula is C22H17FN2O3. The van der Waals surface area contributed by atoms with Gasteiger partial charge in [0.05, 0.1) is 12.8 Å². The molecule has 2 aromatic heterocycles. The molecule has 0 atom stereocenters. The van der Waals surface area contributed by atoms with Crippen LogP contribution < -0.4 is 0 Å². The zero-order chi connectivity index (χ0) is 19.3. The maximum Gasteiger partial charge on any atom is 0.254 e. The second kappa shape index (κ2) is 7.92. The van der Waals surface area contributed by atoms with E-state index in [1.54, 1.807) is 53.6 Å². The lowest BCUT2D eigenvalue weighted by molar-refractivity contribution is 0.0726. The van der Waals surface area contributed by atoms with Gasteiger partial charge in [0.25, 0.3) is 5.91 Å². The Balaban J connectivity index is 1.59. The molecule has 0 radical (unpaired) electrons. The van der Waals surface area contributed by atoms with Gasteiger partial charge in [-0.15, -0.1) is 0 Å². The summed E-state index contributed by atoms with van der Waals surface area (Å²) in [6.07, 6.45) is 1.55. The number of carbonyl (C=O) groups excluding carboxylic acids is 1. The van der Waals surface area contributed by atoms with Gasteiger partial charge >= 0.3 is 0 Å². The zero-order valence-electron chi connectivity index (χ0n) is 14.9. The maximum atomic E-state index is 13.2. The van der Waals surface area contributed by atoms with E-state index in [1.807, 2.05) is 18.2 Å². The summed E-state index contributed by atoms with van der Waals surface area (Å²) in [5.41, 5.74) is 1.98. The fraction of sp³-hybridized carbons (Fsp3) is 0.0909. The molecule has 28 heavy (non-hydrogen) atoms. The predicted molar refractivity (Wildman–Crippen MR) is 101 cm³/mol. The standard InChI is InChI=1S/C22H17FN2O3/c23-18-10-8-16(9-11-18)14-25(22(26)17-5-2-1-3-6-17)15-19-13-21(28-24-19)20-7-4-12-27-20/h1-13H,14-15H2. The molecule has 0 saturated heterocycles. The van der Waals surface area contributed by atoms with Crippen molar-refractivity contribution < 1.29 is 18.1 Å². The van der Waals surface area contributed by atoms with Crippen molar-refractivity contribution in [2.75, 3.05) is 0 Å². The molecule has 0 aliphatic rings. The Morgan fingerprint density at radius 3 is 2.43 bits per heavy atom. The third-order valence-corrected chi connectivity index (χ3v) is 4.27. The molecule has 0 aliphatic heterocycles. The van der Waals surface area contributed by atoms with Gasteiger partial charge in [-0.3, -0.25) is 4.79 Å². The highest BCUT2D eigenvalue weighted by atomic mass is 19.1. The van der Waals surface area contributed by atoms with Gasteiger partial charge in [-0.2, -0.15) is 0 Å². The minimum atomic E-state index is -0.315. The van der Waals surface area contributed by atoms with Gasteiger partial charge in [0.15, 0.2) is 5.76 Å². The van der Waals surface area contributed by atoms with Crippen molar-refractivity contribution in [2.45, 2.75) is 13.1 Å². The average Bonchev–Trinajstić information content (AvgIpc) is 3.41. The fourth-order valence-electron chi connectivity index (χ4n) is 2.89. The van der Waals surface area contributed by atoms with Gasteiger partial charge in [0, 0.05) is 18.2 Å². The number of rotatable bonds is 6. The highest BCUT2D eigenvalue weighted by molar-refractivity contribution is 5.94. The predicted octanol–water partition coefficient (Wildman–Crippen LogP) is 4.92. The Morgan fingerprint density at radius 1 is 0.929 bits per heavy atom. The number of nitrogens with zero attached hydrogens (tertiary/aromatic N) is 2. The molecule has 1 amide bonds. The second-order valence-electron chi connectivity index (χ2n) is 6.31. The van der Waals surface area contributed by atoms with Gasteiger partial charge in [0.1, 0.15) is 11.5 Å². The number of benzene rings is 2. The lowest BCUT2D eigenvalue weighted by atomic mass is 10.1. The van der Waals surface area contributed by atoms with E-state index < -0.39 is 0 Å². The van der Waals surface area contributed by atoms with Crippen LogP contribution in [0.4, 0.5) is 4.39 Å². The van der Waals surface area contributed by atoms with Crippen molar-refractivity contribution in [3.05, 3.63) is 102 Å². The van der Waals surface area contributed by atoms with Crippen molar-refractivity contribution in [1.29, 1.82) is 0 Å². The minimum Gasteiger partial charge on any atom is -0.461 e. The van der Waals surface area contributed by atoms with Crippen LogP contribution >= 0.6 is 0 Å². The van der Waals surface area contributed by atoms with Crippen LogP contribution in [-0.2, 0) is 13.1 Å². The molecule has 0 saturated carbocycles. The average molecular weight is 376 g/mol. The summed E-state index contributed by atoms with van der Waals surface area (Å²) in [7, 11) is 0. The number of hydrogen-bond acceptors (Lipinski definition) is 4. The molecule has 4 aromatic rings. The first kappa shape index (κ1) is 17.7. The first-order chi connectivity index (χ1) is 13.7. The number of furan rings is 1. The van der Waals surface area contributed by atoms with Crippen LogP contribution in [-0.4, -0.2) is 16.0 Å². The Hall–Kier alpha value is -3.67. The molecule has 2 aromatic carbocycles. The smallest absolute Gasteiger partial charge is 0.254 e. The Kier molecular flexibility index (Phi) is 5.01. The van der Waals surface area contributed by atoms with Crippen LogP contribution in [0.1, 0.15) is 21.6 Å². The summed E-state index contributed by atoms with van der Waals surface area (Å²) in [5.74, 6) is 0.601. The van der Waals surface area contributed by atoms with E-state index in [0.717, 1.165) is 5.56 Å². The van der Waals surface area contributed by atoms with Gasteiger partial charge in [-0.25, -0.2) is 4.39 Å². The first-order valence-electron chi connectivity index (χ1n) is 8.77. The lowest BCUT2D eigenvalue weighted by Gasteiger charge is -2.22. The number of amides is 1. The molecule has 0 fully saturated rings. The van der Waals surface area contributed by atoms with Crippen molar-refractivity contribution >= 4 is 5.91 Å². The zero-order valence-corrected chi connectivity index (χ0v) is 14.9. The van der Waals surface area contributed by atoms with Crippen LogP contribution in [0.3, 0.4) is 0 Å². The Morgan fingerprint density at radius 2 is 1.71 bits per heavy atom. The second-order valence-corrected chi connectivity index (χ2v) is 6.31. The van der Waals surface area contributed by atoms with E-state index in [2.05, 4.69) is 5.16 Å². The van der Waals surface area contributed by atoms with E-state index in [4.69, 9.17) is 8.94 Å². The Labute approximate surface area is 161 Å². The monoisotopic (exact) mass is 376 g/mol. The lowest BCUT2D eigenvalue weighted by Crippen LogP contribution is -2.30. The largest absolute Gasteiger partial charge is 0.461 e. The summed E-state index contributed by atoms with van der Waals surface area (Å²) in [6.45, 7) is 0.562. The van der Waals surface area contributed by atoms with Gasteiger partial charge in [0.2, 0.25) is 5.76 Å². The summed E-state index contributed by atoms with van der Waals surface area (Å²) in [6, 6.07) is 20.4. The van der Waals surface area contributed by atoms with Crippen LogP contribution in [0.5, 0.6) is 0 Å². The van der Waals surface area contributed by atoms with Gasteiger partial charge in [-0.1, -0.05) is 35.5 Å². The molecule has 0 spiro atoms. The summed E-state index contributed by atoms with van der Waals surface area (Å²) in [5, 5.41) is 4.05.